The fourth-order valence-electron chi connectivity index (χ4n) is 2.31. The summed E-state index contributed by atoms with van der Waals surface area (Å²) in [6.45, 7) is -0.537. The molecule has 0 spiro atoms. The molecule has 0 aliphatic rings. The zero-order valence-corrected chi connectivity index (χ0v) is 15.5. The number of rotatable bonds is 8. The van der Waals surface area contributed by atoms with Gasteiger partial charge in [0.2, 0.25) is 5.91 Å². The molecule has 0 saturated heterocycles. The van der Waals surface area contributed by atoms with E-state index in [1.54, 1.807) is 0 Å². The molecule has 0 unspecified atom stereocenters. The van der Waals surface area contributed by atoms with Crippen LogP contribution in [0.15, 0.2) is 48.5 Å². The third kappa shape index (κ3) is 5.35. The Kier molecular flexibility index (Phi) is 6.30. The van der Waals surface area contributed by atoms with E-state index in [0.717, 1.165) is 15.2 Å². The number of carbonyl (C=O) groups excluding carboxylic acids is 3. The summed E-state index contributed by atoms with van der Waals surface area (Å²) < 4.78 is 11.2. The first-order valence-corrected chi connectivity index (χ1v) is 9.10. The Morgan fingerprint density at radius 2 is 1.79 bits per heavy atom. The molecule has 0 atom stereocenters. The second-order valence-electron chi connectivity index (χ2n) is 5.72. The highest BCUT2D eigenvalue weighted by atomic mass is 32.1. The quantitative estimate of drug-likeness (QED) is 0.560. The topological polar surface area (TPSA) is 121 Å². The fraction of sp³-hybridized carbons (Fsp3) is 0.158. The van der Waals surface area contributed by atoms with Gasteiger partial charge in [-0.15, -0.1) is 11.3 Å². The number of fused-ring (bicyclic) bond motifs is 1. The van der Waals surface area contributed by atoms with Crippen LogP contribution in [0.4, 0.5) is 5.69 Å². The number of thiazole rings is 1. The molecule has 2 amide bonds. The van der Waals surface area contributed by atoms with E-state index in [0.29, 0.717) is 11.3 Å². The number of nitrogens with one attached hydrogen (secondary N) is 1. The van der Waals surface area contributed by atoms with Gasteiger partial charge in [0.15, 0.2) is 6.61 Å². The molecule has 0 aliphatic carbocycles. The maximum Gasteiger partial charge on any atom is 0.332 e. The lowest BCUT2D eigenvalue weighted by Gasteiger charge is -2.07. The van der Waals surface area contributed by atoms with Crippen LogP contribution in [0, 0.1) is 0 Å². The molecule has 1 heterocycles. The molecule has 2 aromatic carbocycles. The molecule has 144 valence electrons. The first-order valence-electron chi connectivity index (χ1n) is 8.29. The number of benzene rings is 2. The van der Waals surface area contributed by atoms with Gasteiger partial charge in [-0.3, -0.25) is 9.59 Å². The van der Waals surface area contributed by atoms with Crippen LogP contribution in [0.5, 0.6) is 0 Å². The summed E-state index contributed by atoms with van der Waals surface area (Å²) in [7, 11) is 0. The molecule has 1 aromatic heterocycles. The third-order valence-electron chi connectivity index (χ3n) is 3.60. The third-order valence-corrected chi connectivity index (χ3v) is 4.61. The van der Waals surface area contributed by atoms with Crippen LogP contribution < -0.4 is 11.1 Å². The molecule has 28 heavy (non-hydrogen) atoms. The van der Waals surface area contributed by atoms with Gasteiger partial charge in [-0.2, -0.15) is 0 Å². The molecule has 0 fully saturated rings. The van der Waals surface area contributed by atoms with Crippen LogP contribution in [0.3, 0.4) is 0 Å². The van der Waals surface area contributed by atoms with Gasteiger partial charge in [-0.25, -0.2) is 9.78 Å². The predicted molar refractivity (Wildman–Crippen MR) is 104 cm³/mol. The van der Waals surface area contributed by atoms with Crippen LogP contribution in [0.1, 0.15) is 15.4 Å². The van der Waals surface area contributed by atoms with E-state index < -0.39 is 24.4 Å². The van der Waals surface area contributed by atoms with Crippen LogP contribution in [-0.2, 0) is 25.7 Å². The highest BCUT2D eigenvalue weighted by molar-refractivity contribution is 7.18. The number of ether oxygens (including phenoxy) is 2. The number of anilines is 1. The molecule has 8 nitrogen and oxygen atoms in total. The number of nitrogens with two attached hydrogens (primary N) is 1. The van der Waals surface area contributed by atoms with Crippen molar-refractivity contribution in [2.24, 2.45) is 5.73 Å². The van der Waals surface area contributed by atoms with Crippen LogP contribution in [0.25, 0.3) is 10.2 Å². The van der Waals surface area contributed by atoms with Crippen molar-refractivity contribution in [3.63, 3.8) is 0 Å². The van der Waals surface area contributed by atoms with E-state index in [1.807, 2.05) is 24.3 Å². The van der Waals surface area contributed by atoms with Gasteiger partial charge in [0.05, 0.1) is 16.8 Å². The summed E-state index contributed by atoms with van der Waals surface area (Å²) in [6, 6.07) is 13.7. The summed E-state index contributed by atoms with van der Waals surface area (Å²) in [4.78, 5) is 38.9. The van der Waals surface area contributed by atoms with Crippen molar-refractivity contribution in [2.45, 2.75) is 6.61 Å². The smallest absolute Gasteiger partial charge is 0.332 e. The Morgan fingerprint density at radius 1 is 1.04 bits per heavy atom. The standard InChI is InChI=1S/C19H17N3O5S/c20-19(25)12-5-7-13(8-6-12)21-16(23)9-27-18(24)11-26-10-17-22-14-3-1-2-4-15(14)28-17/h1-8H,9-11H2,(H2,20,25)(H,21,23). The molecule has 3 rings (SSSR count). The minimum absolute atomic E-state index is 0.187. The summed E-state index contributed by atoms with van der Waals surface area (Å²) in [5.41, 5.74) is 6.81. The fourth-order valence-corrected chi connectivity index (χ4v) is 3.21. The van der Waals surface area contributed by atoms with E-state index in [-0.39, 0.29) is 13.2 Å². The summed E-state index contributed by atoms with van der Waals surface area (Å²) in [5, 5.41) is 3.30. The molecular weight excluding hydrogens is 382 g/mol. The Balaban J connectivity index is 1.37. The average Bonchev–Trinajstić information content (AvgIpc) is 3.09. The Labute approximate surface area is 164 Å². The SMILES string of the molecule is NC(=O)c1ccc(NC(=O)COC(=O)COCc2nc3ccccc3s2)cc1. The van der Waals surface area contributed by atoms with Crippen molar-refractivity contribution < 1.29 is 23.9 Å². The molecule has 3 N–H and O–H groups in total. The second kappa shape index (κ2) is 9.07. The Morgan fingerprint density at radius 3 is 2.50 bits per heavy atom. The molecule has 0 radical (unpaired) electrons. The van der Waals surface area contributed by atoms with Crippen molar-refractivity contribution in [3.8, 4) is 0 Å². The number of hydrogen-bond donors (Lipinski definition) is 2. The lowest BCUT2D eigenvalue weighted by Crippen LogP contribution is -2.23. The highest BCUT2D eigenvalue weighted by Crippen LogP contribution is 2.21. The number of nitrogens with zero attached hydrogens (tertiary/aromatic N) is 1. The van der Waals surface area contributed by atoms with Gasteiger partial charge in [0.25, 0.3) is 5.91 Å². The maximum absolute atomic E-state index is 11.8. The highest BCUT2D eigenvalue weighted by Gasteiger charge is 2.10. The van der Waals surface area contributed by atoms with E-state index >= 15 is 0 Å². The zero-order chi connectivity index (χ0) is 19.9. The molecular formula is C19H17N3O5S. The number of amides is 2. The van der Waals surface area contributed by atoms with Crippen molar-refractivity contribution in [3.05, 3.63) is 59.1 Å². The molecule has 0 saturated carbocycles. The van der Waals surface area contributed by atoms with Crippen LogP contribution in [0.2, 0.25) is 0 Å². The van der Waals surface area contributed by atoms with Gasteiger partial charge < -0.3 is 20.5 Å². The van der Waals surface area contributed by atoms with E-state index in [4.69, 9.17) is 15.2 Å². The number of carbonyl (C=O) groups is 3. The zero-order valence-electron chi connectivity index (χ0n) is 14.7. The van der Waals surface area contributed by atoms with Crippen molar-refractivity contribution in [2.75, 3.05) is 18.5 Å². The molecule has 9 heteroatoms. The summed E-state index contributed by atoms with van der Waals surface area (Å²) >= 11 is 1.49. The van der Waals surface area contributed by atoms with Gasteiger partial charge in [-0.05, 0) is 36.4 Å². The number of para-hydroxylation sites is 1. The average molecular weight is 399 g/mol. The number of esters is 1. The first-order chi connectivity index (χ1) is 13.5. The monoisotopic (exact) mass is 399 g/mol. The Hall–Kier alpha value is -3.30. The minimum atomic E-state index is -0.652. The van der Waals surface area contributed by atoms with E-state index in [1.165, 1.54) is 35.6 Å². The van der Waals surface area contributed by atoms with Gasteiger partial charge >= 0.3 is 5.97 Å². The molecule has 3 aromatic rings. The van der Waals surface area contributed by atoms with E-state index in [9.17, 15) is 14.4 Å². The second-order valence-corrected chi connectivity index (χ2v) is 6.83. The van der Waals surface area contributed by atoms with Gasteiger partial charge in [-0.1, -0.05) is 12.1 Å². The largest absolute Gasteiger partial charge is 0.454 e. The summed E-state index contributed by atoms with van der Waals surface area (Å²) in [5.74, 6) is -1.72. The van der Waals surface area contributed by atoms with Crippen molar-refractivity contribution >= 4 is 45.0 Å². The number of aromatic nitrogens is 1. The maximum atomic E-state index is 11.8. The van der Waals surface area contributed by atoms with Gasteiger partial charge in [0.1, 0.15) is 11.6 Å². The van der Waals surface area contributed by atoms with Crippen LogP contribution >= 0.6 is 11.3 Å². The lowest BCUT2D eigenvalue weighted by atomic mass is 10.2. The predicted octanol–water partition coefficient (Wildman–Crippen LogP) is 2.09. The number of primary amides is 1. The Bertz CT molecular complexity index is 967. The first kappa shape index (κ1) is 19.5. The molecule has 0 aliphatic heterocycles. The van der Waals surface area contributed by atoms with Crippen LogP contribution in [-0.4, -0.2) is 36.0 Å². The van der Waals surface area contributed by atoms with Crippen molar-refractivity contribution in [1.29, 1.82) is 0 Å². The minimum Gasteiger partial charge on any atom is -0.454 e. The number of hydrogen-bond acceptors (Lipinski definition) is 7. The van der Waals surface area contributed by atoms with E-state index in [2.05, 4.69) is 10.3 Å². The van der Waals surface area contributed by atoms with Gasteiger partial charge in [0, 0.05) is 11.3 Å². The normalized spacial score (nSPS) is 10.6. The van der Waals surface area contributed by atoms with Crippen molar-refractivity contribution in [1.82, 2.24) is 4.98 Å². The molecule has 0 bridgehead atoms. The summed E-state index contributed by atoms with van der Waals surface area (Å²) in [6.07, 6.45) is 0. The lowest BCUT2D eigenvalue weighted by molar-refractivity contribution is -0.152.